The van der Waals surface area contributed by atoms with Crippen LogP contribution in [0.1, 0.15) is 69.8 Å². The molecule has 0 aliphatic carbocycles. The van der Waals surface area contributed by atoms with Crippen molar-refractivity contribution in [2.24, 2.45) is 0 Å². The van der Waals surface area contributed by atoms with E-state index in [4.69, 9.17) is 4.74 Å². The Morgan fingerprint density at radius 2 is 1.43 bits per heavy atom. The summed E-state index contributed by atoms with van der Waals surface area (Å²) in [7, 11) is 0. The van der Waals surface area contributed by atoms with Gasteiger partial charge in [0.15, 0.2) is 0 Å². The fourth-order valence-corrected chi connectivity index (χ4v) is 2.32. The molecule has 0 aliphatic heterocycles. The Balaban J connectivity index is 1.89. The van der Waals surface area contributed by atoms with Crippen LogP contribution in [-0.4, -0.2) is 5.97 Å². The predicted octanol–water partition coefficient (Wildman–Crippen LogP) is 5.46. The van der Waals surface area contributed by atoms with Crippen LogP contribution in [0.25, 0.3) is 0 Å². The third-order valence-electron chi connectivity index (χ3n) is 3.62. The van der Waals surface area contributed by atoms with Crippen molar-refractivity contribution in [1.82, 2.24) is 0 Å². The maximum absolute atomic E-state index is 11.6. The molecule has 0 saturated heterocycles. The topological polar surface area (TPSA) is 26.3 Å². The van der Waals surface area contributed by atoms with Gasteiger partial charge in [0, 0.05) is 6.42 Å². The fourth-order valence-electron chi connectivity index (χ4n) is 2.32. The summed E-state index contributed by atoms with van der Waals surface area (Å²) in [6, 6.07) is 9.83. The molecule has 0 bridgehead atoms. The van der Waals surface area contributed by atoms with Gasteiger partial charge in [-0.2, -0.15) is 0 Å². The molecule has 1 aromatic carbocycles. The van der Waals surface area contributed by atoms with Crippen LogP contribution in [-0.2, 0) is 16.1 Å². The third kappa shape index (κ3) is 10.1. The molecule has 21 heavy (non-hydrogen) atoms. The van der Waals surface area contributed by atoms with Crippen LogP contribution in [0, 0.1) is 6.92 Å². The molecule has 1 rings (SSSR count). The minimum absolute atomic E-state index is 0.0747. The van der Waals surface area contributed by atoms with Crippen molar-refractivity contribution < 1.29 is 9.53 Å². The SMILES string of the molecule is [CH2]CCCCCCCCCCC(=O)OCc1ccccc1. The van der Waals surface area contributed by atoms with Crippen molar-refractivity contribution in [3.05, 3.63) is 42.8 Å². The highest BCUT2D eigenvalue weighted by Gasteiger charge is 2.03. The van der Waals surface area contributed by atoms with Gasteiger partial charge in [0.2, 0.25) is 0 Å². The molecular weight excluding hydrogens is 260 g/mol. The largest absolute Gasteiger partial charge is 0.461 e. The number of hydrogen-bond acceptors (Lipinski definition) is 2. The van der Waals surface area contributed by atoms with Gasteiger partial charge in [0.05, 0.1) is 0 Å². The molecule has 0 fully saturated rings. The summed E-state index contributed by atoms with van der Waals surface area (Å²) >= 11 is 0. The van der Waals surface area contributed by atoms with Crippen LogP contribution in [0.15, 0.2) is 30.3 Å². The van der Waals surface area contributed by atoms with E-state index in [1.807, 2.05) is 30.3 Å². The fraction of sp³-hybridized carbons (Fsp3) is 0.579. The lowest BCUT2D eigenvalue weighted by atomic mass is 10.1. The normalized spacial score (nSPS) is 10.5. The number of rotatable bonds is 12. The second-order valence-electron chi connectivity index (χ2n) is 5.58. The van der Waals surface area contributed by atoms with Gasteiger partial charge in [-0.15, -0.1) is 0 Å². The first-order chi connectivity index (χ1) is 10.3. The molecule has 0 spiro atoms. The average molecular weight is 289 g/mol. The monoisotopic (exact) mass is 289 g/mol. The van der Waals surface area contributed by atoms with Gasteiger partial charge in [0.25, 0.3) is 0 Å². The average Bonchev–Trinajstić information content (AvgIpc) is 2.52. The van der Waals surface area contributed by atoms with Crippen molar-refractivity contribution in [1.29, 1.82) is 0 Å². The van der Waals surface area contributed by atoms with Gasteiger partial charge >= 0.3 is 5.97 Å². The molecule has 0 unspecified atom stereocenters. The summed E-state index contributed by atoms with van der Waals surface area (Å²) < 4.78 is 5.26. The number of benzene rings is 1. The Hall–Kier alpha value is -1.31. The zero-order valence-electron chi connectivity index (χ0n) is 13.2. The van der Waals surface area contributed by atoms with Gasteiger partial charge in [-0.05, 0) is 12.0 Å². The molecule has 1 radical (unpaired) electrons. The second-order valence-corrected chi connectivity index (χ2v) is 5.58. The van der Waals surface area contributed by atoms with Gasteiger partial charge in [-0.3, -0.25) is 4.79 Å². The standard InChI is InChI=1S/C19H29O2/c1-2-3-4-5-6-7-8-9-13-16-19(20)21-17-18-14-11-10-12-15-18/h10-12,14-15H,1-9,13,16-17H2. The molecule has 117 valence electrons. The van der Waals surface area contributed by atoms with Crippen LogP contribution < -0.4 is 0 Å². The van der Waals surface area contributed by atoms with Gasteiger partial charge in [0.1, 0.15) is 6.61 Å². The van der Waals surface area contributed by atoms with Crippen LogP contribution >= 0.6 is 0 Å². The number of esters is 1. The zero-order valence-corrected chi connectivity index (χ0v) is 13.2. The number of hydrogen-bond donors (Lipinski definition) is 0. The van der Waals surface area contributed by atoms with Crippen molar-refractivity contribution in [3.8, 4) is 0 Å². The summed E-state index contributed by atoms with van der Waals surface area (Å²) in [4.78, 5) is 11.6. The maximum atomic E-state index is 11.6. The van der Waals surface area contributed by atoms with E-state index in [9.17, 15) is 4.79 Å². The van der Waals surface area contributed by atoms with Gasteiger partial charge < -0.3 is 4.74 Å². The predicted molar refractivity (Wildman–Crippen MR) is 87.8 cm³/mol. The molecule has 2 heteroatoms. The lowest BCUT2D eigenvalue weighted by Crippen LogP contribution is -2.04. The van der Waals surface area contributed by atoms with Crippen LogP contribution in [0.4, 0.5) is 0 Å². The summed E-state index contributed by atoms with van der Waals surface area (Å²) in [5, 5.41) is 0. The smallest absolute Gasteiger partial charge is 0.306 e. The number of unbranched alkanes of at least 4 members (excludes halogenated alkanes) is 8. The summed E-state index contributed by atoms with van der Waals surface area (Å²) in [6.45, 7) is 4.25. The summed E-state index contributed by atoms with van der Waals surface area (Å²) in [6.07, 6.45) is 11.4. The Morgan fingerprint density at radius 1 is 0.857 bits per heavy atom. The van der Waals surface area contributed by atoms with Gasteiger partial charge in [-0.1, -0.05) is 88.6 Å². The Kier molecular flexibility index (Phi) is 10.5. The van der Waals surface area contributed by atoms with Crippen LogP contribution in [0.3, 0.4) is 0 Å². The molecule has 1 aromatic rings. The lowest BCUT2D eigenvalue weighted by molar-refractivity contribution is -0.145. The van der Waals surface area contributed by atoms with Crippen molar-refractivity contribution in [2.75, 3.05) is 0 Å². The van der Waals surface area contributed by atoms with Crippen LogP contribution in [0.2, 0.25) is 0 Å². The highest BCUT2D eigenvalue weighted by molar-refractivity contribution is 5.69. The molecule has 0 amide bonds. The Morgan fingerprint density at radius 3 is 2.05 bits per heavy atom. The van der Waals surface area contributed by atoms with Crippen molar-refractivity contribution >= 4 is 5.97 Å². The quantitative estimate of drug-likeness (QED) is 0.377. The highest BCUT2D eigenvalue weighted by atomic mass is 16.5. The van der Waals surface area contributed by atoms with E-state index < -0.39 is 0 Å². The maximum Gasteiger partial charge on any atom is 0.306 e. The minimum Gasteiger partial charge on any atom is -0.461 e. The molecule has 0 atom stereocenters. The first-order valence-electron chi connectivity index (χ1n) is 8.31. The number of ether oxygens (including phenoxy) is 1. The van der Waals surface area contributed by atoms with Crippen molar-refractivity contribution in [3.63, 3.8) is 0 Å². The zero-order chi connectivity index (χ0) is 15.2. The molecule has 0 N–H and O–H groups in total. The Bertz CT molecular complexity index is 359. The first kappa shape index (κ1) is 17.7. The number of carbonyl (C=O) groups is 1. The molecule has 2 nitrogen and oxygen atoms in total. The second kappa shape index (κ2) is 12.4. The first-order valence-corrected chi connectivity index (χ1v) is 8.31. The highest BCUT2D eigenvalue weighted by Crippen LogP contribution is 2.11. The van der Waals surface area contributed by atoms with Crippen molar-refractivity contribution in [2.45, 2.75) is 70.8 Å². The van der Waals surface area contributed by atoms with E-state index in [2.05, 4.69) is 6.92 Å². The molecular formula is C19H29O2. The molecule has 0 aromatic heterocycles. The minimum atomic E-state index is -0.0747. The van der Waals surface area contributed by atoms with E-state index in [1.54, 1.807) is 0 Å². The summed E-state index contributed by atoms with van der Waals surface area (Å²) in [5.41, 5.74) is 1.05. The molecule has 0 saturated carbocycles. The molecule has 0 aliphatic rings. The van der Waals surface area contributed by atoms with Crippen LogP contribution in [0.5, 0.6) is 0 Å². The van der Waals surface area contributed by atoms with E-state index in [0.717, 1.165) is 24.8 Å². The van der Waals surface area contributed by atoms with E-state index >= 15 is 0 Å². The van der Waals surface area contributed by atoms with E-state index in [1.165, 1.54) is 38.5 Å². The number of carbonyl (C=O) groups excluding carboxylic acids is 1. The van der Waals surface area contributed by atoms with E-state index in [-0.39, 0.29) is 5.97 Å². The lowest BCUT2D eigenvalue weighted by Gasteiger charge is -2.05. The summed E-state index contributed by atoms with van der Waals surface area (Å²) in [5.74, 6) is -0.0747. The molecule has 0 heterocycles. The van der Waals surface area contributed by atoms with E-state index in [0.29, 0.717) is 13.0 Å². The third-order valence-corrected chi connectivity index (χ3v) is 3.62. The Labute approximate surface area is 129 Å². The van der Waals surface area contributed by atoms with Gasteiger partial charge in [-0.25, -0.2) is 0 Å².